The molecule has 2 heteroatoms. The number of hydrogen-bond acceptors (Lipinski definition) is 2. The minimum absolute atomic E-state index is 0.112. The van der Waals surface area contributed by atoms with Crippen LogP contribution in [0.3, 0.4) is 0 Å². The molecule has 1 fully saturated rings. The van der Waals surface area contributed by atoms with Crippen molar-refractivity contribution in [3.8, 4) is 0 Å². The van der Waals surface area contributed by atoms with Crippen LogP contribution in [0.15, 0.2) is 24.3 Å². The third-order valence-electron chi connectivity index (χ3n) is 2.86. The molecule has 0 saturated carbocycles. The molecule has 1 saturated heterocycles. The van der Waals surface area contributed by atoms with Gasteiger partial charge in [0.05, 0.1) is 12.7 Å². The Morgan fingerprint density at radius 2 is 1.93 bits per heavy atom. The summed E-state index contributed by atoms with van der Waals surface area (Å²) in [6, 6.07) is 8.58. The number of benzene rings is 1. The lowest BCUT2D eigenvalue weighted by atomic mass is 10.0. The van der Waals surface area contributed by atoms with Crippen LogP contribution < -0.4 is 5.32 Å². The zero-order valence-corrected chi connectivity index (χ0v) is 9.71. The second kappa shape index (κ2) is 3.95. The van der Waals surface area contributed by atoms with Crippen molar-refractivity contribution >= 4 is 0 Å². The van der Waals surface area contributed by atoms with Crippen molar-refractivity contribution in [3.63, 3.8) is 0 Å². The Morgan fingerprint density at radius 3 is 2.47 bits per heavy atom. The third-order valence-corrected chi connectivity index (χ3v) is 2.86. The highest BCUT2D eigenvalue weighted by molar-refractivity contribution is 5.23. The van der Waals surface area contributed by atoms with E-state index in [0.717, 1.165) is 13.2 Å². The zero-order valence-electron chi connectivity index (χ0n) is 9.71. The normalized spacial score (nSPS) is 25.1. The van der Waals surface area contributed by atoms with Gasteiger partial charge in [-0.2, -0.15) is 0 Å². The molecular formula is C13H19NO. The standard InChI is InChI=1S/C13H19NO/c1-10-4-6-11(7-5-10)12-8-14-13(2,3)9-15-12/h4-7,12,14H,8-9H2,1-3H3. The minimum Gasteiger partial charge on any atom is -0.370 e. The second-order valence-electron chi connectivity index (χ2n) is 4.98. The van der Waals surface area contributed by atoms with Crippen LogP contribution in [0.2, 0.25) is 0 Å². The van der Waals surface area contributed by atoms with E-state index in [1.807, 2.05) is 0 Å². The van der Waals surface area contributed by atoms with E-state index in [4.69, 9.17) is 4.74 Å². The molecule has 2 nitrogen and oxygen atoms in total. The van der Waals surface area contributed by atoms with Gasteiger partial charge in [-0.3, -0.25) is 0 Å². The summed E-state index contributed by atoms with van der Waals surface area (Å²) in [4.78, 5) is 0. The Balaban J connectivity index is 2.04. The zero-order chi connectivity index (χ0) is 10.9. The van der Waals surface area contributed by atoms with E-state index < -0.39 is 0 Å². The van der Waals surface area contributed by atoms with Crippen LogP contribution in [0.1, 0.15) is 31.1 Å². The van der Waals surface area contributed by atoms with Crippen molar-refractivity contribution in [2.75, 3.05) is 13.2 Å². The van der Waals surface area contributed by atoms with Gasteiger partial charge < -0.3 is 10.1 Å². The molecule has 0 aromatic heterocycles. The lowest BCUT2D eigenvalue weighted by molar-refractivity contribution is -0.0228. The first-order valence-corrected chi connectivity index (χ1v) is 5.50. The first-order valence-electron chi connectivity index (χ1n) is 5.50. The fourth-order valence-corrected chi connectivity index (χ4v) is 1.78. The molecule has 1 aromatic rings. The fraction of sp³-hybridized carbons (Fsp3) is 0.538. The van der Waals surface area contributed by atoms with E-state index in [-0.39, 0.29) is 11.6 Å². The van der Waals surface area contributed by atoms with Gasteiger partial charge in [-0.1, -0.05) is 29.8 Å². The summed E-state index contributed by atoms with van der Waals surface area (Å²) in [5.41, 5.74) is 2.67. The summed E-state index contributed by atoms with van der Waals surface area (Å²) in [7, 11) is 0. The van der Waals surface area contributed by atoms with E-state index >= 15 is 0 Å². The summed E-state index contributed by atoms with van der Waals surface area (Å²) in [5.74, 6) is 0. The highest BCUT2D eigenvalue weighted by Gasteiger charge is 2.27. The highest BCUT2D eigenvalue weighted by atomic mass is 16.5. The highest BCUT2D eigenvalue weighted by Crippen LogP contribution is 2.23. The molecule has 1 aromatic carbocycles. The van der Waals surface area contributed by atoms with E-state index in [9.17, 15) is 0 Å². The summed E-state index contributed by atoms with van der Waals surface area (Å²) >= 11 is 0. The number of hydrogen-bond donors (Lipinski definition) is 1. The first-order chi connectivity index (χ1) is 7.07. The van der Waals surface area contributed by atoms with Gasteiger partial charge in [0, 0.05) is 12.1 Å². The van der Waals surface area contributed by atoms with Crippen molar-refractivity contribution in [1.29, 1.82) is 0 Å². The molecule has 1 unspecified atom stereocenters. The molecule has 0 radical (unpaired) electrons. The molecule has 0 amide bonds. The Bertz CT molecular complexity index is 319. The predicted molar refractivity (Wildman–Crippen MR) is 62.0 cm³/mol. The molecule has 1 aliphatic heterocycles. The maximum Gasteiger partial charge on any atom is 0.0950 e. The molecule has 0 bridgehead atoms. The Labute approximate surface area is 91.6 Å². The van der Waals surface area contributed by atoms with Gasteiger partial charge in [-0.15, -0.1) is 0 Å². The third kappa shape index (κ3) is 2.58. The quantitative estimate of drug-likeness (QED) is 0.760. The van der Waals surface area contributed by atoms with Crippen molar-refractivity contribution in [3.05, 3.63) is 35.4 Å². The van der Waals surface area contributed by atoms with Crippen LogP contribution in [0, 0.1) is 6.92 Å². The van der Waals surface area contributed by atoms with Gasteiger partial charge in [-0.25, -0.2) is 0 Å². The van der Waals surface area contributed by atoms with Crippen LogP contribution in [0.25, 0.3) is 0 Å². The van der Waals surface area contributed by atoms with Crippen LogP contribution in [0.5, 0.6) is 0 Å². The Morgan fingerprint density at radius 1 is 1.27 bits per heavy atom. The largest absolute Gasteiger partial charge is 0.370 e. The maximum atomic E-state index is 5.86. The van der Waals surface area contributed by atoms with Crippen LogP contribution in [-0.4, -0.2) is 18.7 Å². The van der Waals surface area contributed by atoms with Gasteiger partial charge >= 0.3 is 0 Å². The van der Waals surface area contributed by atoms with E-state index in [0.29, 0.717) is 0 Å². The molecular weight excluding hydrogens is 186 g/mol. The Kier molecular flexibility index (Phi) is 2.81. The van der Waals surface area contributed by atoms with Crippen molar-refractivity contribution in [2.45, 2.75) is 32.4 Å². The molecule has 0 spiro atoms. The van der Waals surface area contributed by atoms with Crippen LogP contribution >= 0.6 is 0 Å². The van der Waals surface area contributed by atoms with Crippen LogP contribution in [0.4, 0.5) is 0 Å². The number of morpholine rings is 1. The predicted octanol–water partition coefficient (Wildman–Crippen LogP) is 2.43. The summed E-state index contributed by atoms with van der Waals surface area (Å²) in [6.45, 7) is 8.10. The van der Waals surface area contributed by atoms with E-state index in [1.165, 1.54) is 11.1 Å². The van der Waals surface area contributed by atoms with Gasteiger partial charge in [0.25, 0.3) is 0 Å². The monoisotopic (exact) mass is 205 g/mol. The molecule has 1 aliphatic rings. The lowest BCUT2D eigenvalue weighted by Crippen LogP contribution is -2.50. The summed E-state index contributed by atoms with van der Waals surface area (Å²) in [5, 5.41) is 3.50. The maximum absolute atomic E-state index is 5.86. The van der Waals surface area contributed by atoms with Crippen molar-refractivity contribution < 1.29 is 4.74 Å². The number of ether oxygens (including phenoxy) is 1. The smallest absolute Gasteiger partial charge is 0.0950 e. The second-order valence-corrected chi connectivity index (χ2v) is 4.98. The summed E-state index contributed by atoms with van der Waals surface area (Å²) < 4.78 is 5.86. The molecule has 15 heavy (non-hydrogen) atoms. The summed E-state index contributed by atoms with van der Waals surface area (Å²) in [6.07, 6.45) is 0.207. The number of rotatable bonds is 1. The van der Waals surface area contributed by atoms with Gasteiger partial charge in [0.2, 0.25) is 0 Å². The average molecular weight is 205 g/mol. The van der Waals surface area contributed by atoms with Crippen LogP contribution in [-0.2, 0) is 4.74 Å². The minimum atomic E-state index is 0.112. The SMILES string of the molecule is Cc1ccc(C2CNC(C)(C)CO2)cc1. The molecule has 1 N–H and O–H groups in total. The molecule has 1 atom stereocenters. The molecule has 0 aliphatic carbocycles. The van der Waals surface area contributed by atoms with Crippen molar-refractivity contribution in [2.24, 2.45) is 0 Å². The molecule has 1 heterocycles. The lowest BCUT2D eigenvalue weighted by Gasteiger charge is -2.36. The van der Waals surface area contributed by atoms with E-state index in [1.54, 1.807) is 0 Å². The van der Waals surface area contributed by atoms with Gasteiger partial charge in [0.15, 0.2) is 0 Å². The van der Waals surface area contributed by atoms with Gasteiger partial charge in [0.1, 0.15) is 0 Å². The first kappa shape index (κ1) is 10.7. The van der Waals surface area contributed by atoms with E-state index in [2.05, 4.69) is 50.4 Å². The molecule has 82 valence electrons. The Hall–Kier alpha value is -0.860. The molecule has 2 rings (SSSR count). The van der Waals surface area contributed by atoms with Gasteiger partial charge in [-0.05, 0) is 26.3 Å². The van der Waals surface area contributed by atoms with Crippen molar-refractivity contribution in [1.82, 2.24) is 5.32 Å². The fourth-order valence-electron chi connectivity index (χ4n) is 1.78. The number of nitrogens with one attached hydrogen (secondary N) is 1. The average Bonchev–Trinajstić information content (AvgIpc) is 2.20. The topological polar surface area (TPSA) is 21.3 Å². The number of aryl methyl sites for hydroxylation is 1.